The Balaban J connectivity index is 1.21. The number of hydrogen-bond donors (Lipinski definition) is 7. The Bertz CT molecular complexity index is 1980. The maximum absolute atomic E-state index is 13.1. The van der Waals surface area contributed by atoms with Crippen molar-refractivity contribution in [1.82, 2.24) is 10.6 Å². The third-order valence-electron chi connectivity index (χ3n) is 17.5. The molecule has 67 heavy (non-hydrogen) atoms. The summed E-state index contributed by atoms with van der Waals surface area (Å²) in [7, 11) is 3.70. The highest BCUT2D eigenvalue weighted by atomic mass is 16.5. The van der Waals surface area contributed by atoms with Crippen LogP contribution < -0.4 is 10.6 Å². The van der Waals surface area contributed by atoms with Crippen LogP contribution in [0.4, 0.5) is 0 Å². The van der Waals surface area contributed by atoms with Gasteiger partial charge in [-0.05, 0) is 156 Å². The molecule has 3 saturated carbocycles. The van der Waals surface area contributed by atoms with Crippen molar-refractivity contribution in [3.05, 3.63) is 106 Å². The monoisotopic (exact) mass is 925 g/mol. The smallest absolute Gasteiger partial charge is 0.145 e. The van der Waals surface area contributed by atoms with Gasteiger partial charge in [-0.3, -0.25) is 4.79 Å². The van der Waals surface area contributed by atoms with Gasteiger partial charge in [-0.25, -0.2) is 0 Å². The summed E-state index contributed by atoms with van der Waals surface area (Å²) in [6.07, 6.45) is 26.9. The summed E-state index contributed by atoms with van der Waals surface area (Å²) in [5.74, 6) is 0.0732. The van der Waals surface area contributed by atoms with Crippen LogP contribution in [0.1, 0.15) is 108 Å². The molecule has 1 aromatic carbocycles. The lowest BCUT2D eigenvalue weighted by Gasteiger charge is -2.61. The van der Waals surface area contributed by atoms with Crippen molar-refractivity contribution in [1.29, 1.82) is 0 Å². The molecule has 10 heteroatoms. The average molecular weight is 925 g/mol. The minimum absolute atomic E-state index is 0.0168. The Morgan fingerprint density at radius 2 is 1.87 bits per heavy atom. The van der Waals surface area contributed by atoms with Crippen LogP contribution >= 0.6 is 0 Å². The van der Waals surface area contributed by atoms with Crippen molar-refractivity contribution in [2.75, 3.05) is 60.3 Å². The minimum atomic E-state index is -1.26. The van der Waals surface area contributed by atoms with E-state index in [4.69, 9.17) is 16.1 Å². The van der Waals surface area contributed by atoms with Crippen LogP contribution in [0.3, 0.4) is 0 Å². The number of benzene rings is 1. The lowest BCUT2D eigenvalue weighted by molar-refractivity contribution is -0.194. The second kappa shape index (κ2) is 23.7. The van der Waals surface area contributed by atoms with E-state index in [1.165, 1.54) is 48.8 Å². The van der Waals surface area contributed by atoms with Crippen LogP contribution in [-0.4, -0.2) is 115 Å². The van der Waals surface area contributed by atoms with Gasteiger partial charge in [0.2, 0.25) is 0 Å². The van der Waals surface area contributed by atoms with E-state index in [1.54, 1.807) is 0 Å². The quantitative estimate of drug-likeness (QED) is 0.0325. The average Bonchev–Trinajstić information content (AvgIpc) is 3.69. The highest BCUT2D eigenvalue weighted by molar-refractivity contribution is 5.74. The van der Waals surface area contributed by atoms with Crippen LogP contribution in [0.2, 0.25) is 0 Å². The zero-order valence-electron chi connectivity index (χ0n) is 41.0. The number of rotatable bonds is 19. The fourth-order valence-electron chi connectivity index (χ4n) is 14.2. The van der Waals surface area contributed by atoms with E-state index in [0.29, 0.717) is 56.1 Å². The van der Waals surface area contributed by atoms with Crippen LogP contribution in [0.25, 0.3) is 0 Å². The molecule has 7 rings (SSSR count). The maximum atomic E-state index is 13.1. The van der Waals surface area contributed by atoms with Crippen LogP contribution in [0.15, 0.2) is 95.2 Å². The molecule has 0 unspecified atom stereocenters. The molecule has 1 spiro atoms. The summed E-state index contributed by atoms with van der Waals surface area (Å²) in [5.41, 5.74) is 5.40. The van der Waals surface area contributed by atoms with Crippen molar-refractivity contribution in [3.63, 3.8) is 0 Å². The number of carbonyl (C=O) groups is 1. The molecule has 0 aromatic heterocycles. The summed E-state index contributed by atoms with van der Waals surface area (Å²) < 4.78 is 11.9. The standard InChI is InChI=1S/C57H84N2O8/c1-39(51-31-41-12-9-13-42(29-41)32-55(25-28-66-4,48-17-6-5-7-18-48)59-34-43-14-10-15-45(51)30-43)11-8-16-47(37-67-38-49(63)36-62)50-21-23-57(54(50)64)53-44(22-27-60)19-20-46(52(53)40(2)35-61)33-56(57,65)24-26-58-3/h8-9,11-13,16,19-20,29-30,35,44-46,48-51,53-54,58-60,62-65H,1,5-7,10,14-15,17-18,21-28,31-34,36-38H2,2-4H3/b11-8+,47-16-,52-40?/t44-,45-,46-,49+,50-,51-,53-,54+,55-,56+,57+/m0/s1. The third kappa shape index (κ3) is 11.3. The highest BCUT2D eigenvalue weighted by Crippen LogP contribution is 2.67. The van der Waals surface area contributed by atoms with Crippen molar-refractivity contribution in [2.45, 2.75) is 133 Å². The predicted molar refractivity (Wildman–Crippen MR) is 266 cm³/mol. The Kier molecular flexibility index (Phi) is 18.3. The molecule has 0 saturated heterocycles. The van der Waals surface area contributed by atoms with Crippen LogP contribution in [-0.2, 0) is 27.1 Å². The topological polar surface area (TPSA) is 161 Å². The molecule has 3 fully saturated rings. The summed E-state index contributed by atoms with van der Waals surface area (Å²) in [4.78, 5) is 12.5. The molecule has 6 aliphatic rings. The number of aliphatic hydroxyl groups excluding tert-OH is 4. The van der Waals surface area contributed by atoms with Gasteiger partial charge in [0.25, 0.3) is 0 Å². The van der Waals surface area contributed by atoms with Crippen molar-refractivity contribution in [2.24, 2.45) is 46.8 Å². The fourth-order valence-corrected chi connectivity index (χ4v) is 14.2. The maximum Gasteiger partial charge on any atom is 0.145 e. The Morgan fingerprint density at radius 1 is 1.06 bits per heavy atom. The number of aliphatic hydroxyl groups is 5. The van der Waals surface area contributed by atoms with E-state index in [0.717, 1.165) is 74.7 Å². The Morgan fingerprint density at radius 3 is 2.61 bits per heavy atom. The number of fused-ring (bicyclic) bond motifs is 6. The molecule has 370 valence electrons. The van der Waals surface area contributed by atoms with Gasteiger partial charge in [0.05, 0.1) is 31.5 Å². The van der Waals surface area contributed by atoms with E-state index in [2.05, 4.69) is 59.2 Å². The number of carbonyl (C=O) groups excluding carboxylic acids is 1. The number of ether oxygens (including phenoxy) is 2. The van der Waals surface area contributed by atoms with E-state index in [-0.39, 0.29) is 49.0 Å². The van der Waals surface area contributed by atoms with Crippen molar-refractivity contribution in [3.8, 4) is 0 Å². The molecule has 0 amide bonds. The molecule has 0 radical (unpaired) electrons. The van der Waals surface area contributed by atoms with Crippen LogP contribution in [0, 0.1) is 46.8 Å². The summed E-state index contributed by atoms with van der Waals surface area (Å²) >= 11 is 0. The number of allylic oxidation sites excluding steroid dienone is 9. The van der Waals surface area contributed by atoms with Crippen molar-refractivity contribution >= 4 is 6.29 Å². The van der Waals surface area contributed by atoms with Gasteiger partial charge in [0.1, 0.15) is 12.4 Å². The molecule has 11 atom stereocenters. The lowest BCUT2D eigenvalue weighted by atomic mass is 9.45. The fraction of sp³-hybridized carbons (Fsp3) is 0.667. The molecule has 10 nitrogen and oxygen atoms in total. The molecule has 6 bridgehead atoms. The van der Waals surface area contributed by atoms with Crippen LogP contribution in [0.5, 0.6) is 0 Å². The minimum Gasteiger partial charge on any atom is -0.396 e. The molecule has 7 N–H and O–H groups in total. The Labute approximate surface area is 401 Å². The van der Waals surface area contributed by atoms with Gasteiger partial charge in [0, 0.05) is 49.7 Å². The molecule has 1 heterocycles. The molecular formula is C57H84N2O8. The SMILES string of the molecule is C=C(/C=C/C=C(/COC[C@H](O)CO)[C@@H]1CC[C@]2([C@@H]1O)[C@@H]1C(=C(C)C=O)[C@@H](C=C[C@H]1CCO)C[C@]2(O)CCNC)[C@@H]1Cc2cccc(c2)C[C@@](CCOC)(C2CCCCC2)NCC2=C[C@@H]1CCC2. The van der Waals surface area contributed by atoms with E-state index in [9.17, 15) is 30.3 Å². The second-order valence-electron chi connectivity index (χ2n) is 21.4. The van der Waals surface area contributed by atoms with Gasteiger partial charge in [-0.2, -0.15) is 0 Å². The first kappa shape index (κ1) is 51.8. The molecule has 5 aliphatic carbocycles. The normalized spacial score (nSPS) is 35.0. The van der Waals surface area contributed by atoms with Gasteiger partial charge >= 0.3 is 0 Å². The number of aldehydes is 1. The number of nitrogens with one attached hydrogen (secondary N) is 2. The Hall–Kier alpha value is -3.03. The summed E-state index contributed by atoms with van der Waals surface area (Å²) in [6.45, 7) is 8.37. The second-order valence-corrected chi connectivity index (χ2v) is 21.4. The molecule has 1 aromatic rings. The van der Waals surface area contributed by atoms with E-state index < -0.39 is 35.7 Å². The largest absolute Gasteiger partial charge is 0.396 e. The first-order chi connectivity index (χ1) is 32.5. The number of hydrogen-bond acceptors (Lipinski definition) is 10. The summed E-state index contributed by atoms with van der Waals surface area (Å²) in [5, 5.41) is 63.8. The third-order valence-corrected chi connectivity index (χ3v) is 17.5. The first-order valence-corrected chi connectivity index (χ1v) is 25.9. The zero-order valence-corrected chi connectivity index (χ0v) is 41.0. The van der Waals surface area contributed by atoms with Gasteiger partial charge < -0.3 is 45.6 Å². The van der Waals surface area contributed by atoms with Crippen molar-refractivity contribution < 1.29 is 39.8 Å². The van der Waals surface area contributed by atoms with Gasteiger partial charge in [-0.15, -0.1) is 0 Å². The molecular weight excluding hydrogens is 841 g/mol. The predicted octanol–water partition coefficient (Wildman–Crippen LogP) is 7.30. The zero-order chi connectivity index (χ0) is 47.6. The van der Waals surface area contributed by atoms with Gasteiger partial charge in [0.15, 0.2) is 0 Å². The van der Waals surface area contributed by atoms with E-state index >= 15 is 0 Å². The lowest BCUT2D eigenvalue weighted by Crippen LogP contribution is -2.65. The number of methoxy groups -OCH3 is 1. The van der Waals surface area contributed by atoms with E-state index in [1.807, 2.05) is 33.2 Å². The summed E-state index contributed by atoms with van der Waals surface area (Å²) in [6, 6.07) is 9.26. The molecule has 1 aliphatic heterocycles. The van der Waals surface area contributed by atoms with Gasteiger partial charge in [-0.1, -0.05) is 103 Å². The highest BCUT2D eigenvalue weighted by Gasteiger charge is 2.68. The first-order valence-electron chi connectivity index (χ1n) is 25.9.